The predicted octanol–water partition coefficient (Wildman–Crippen LogP) is 11.7. The number of hydrogen-bond donors (Lipinski definition) is 1. The zero-order valence-corrected chi connectivity index (χ0v) is 48.1. The highest BCUT2D eigenvalue weighted by atomic mass is 28.4. The Bertz CT molecular complexity index is 1640. The summed E-state index contributed by atoms with van der Waals surface area (Å²) in [6.07, 6.45) is 11.3. The quantitative estimate of drug-likeness (QED) is 0.0212. The first kappa shape index (κ1) is 58.8. The van der Waals surface area contributed by atoms with E-state index in [0.29, 0.717) is 18.4 Å². The van der Waals surface area contributed by atoms with Gasteiger partial charge in [0.05, 0.1) is 49.6 Å². The molecule has 1 N–H and O–H groups in total. The monoisotopic (exact) mass is 981 g/mol. The fourth-order valence-corrected chi connectivity index (χ4v) is 12.4. The molecule has 1 spiro atoms. The van der Waals surface area contributed by atoms with E-state index >= 15 is 0 Å². The third kappa shape index (κ3) is 16.9. The van der Waals surface area contributed by atoms with Crippen LogP contribution in [-0.2, 0) is 47.2 Å². The second-order valence-corrected chi connectivity index (χ2v) is 40.5. The number of rotatable bonds is 22. The fourth-order valence-electron chi connectivity index (χ4n) is 9.57. The van der Waals surface area contributed by atoms with Crippen LogP contribution in [0.3, 0.4) is 0 Å². The van der Waals surface area contributed by atoms with Crippen LogP contribution in [0.1, 0.15) is 107 Å². The Morgan fingerprint density at radius 3 is 2.12 bits per heavy atom. The zero-order valence-electron chi connectivity index (χ0n) is 45.1. The number of esters is 2. The number of hydrogen-bond acceptors (Lipinski definition) is 11. The number of methoxy groups -OCH3 is 2. The molecule has 66 heavy (non-hydrogen) atoms. The van der Waals surface area contributed by atoms with Crippen molar-refractivity contribution in [2.24, 2.45) is 29.6 Å². The van der Waals surface area contributed by atoms with E-state index in [1.54, 1.807) is 19.3 Å². The summed E-state index contributed by atoms with van der Waals surface area (Å²) >= 11 is 0. The zero-order chi connectivity index (χ0) is 50.1. The third-order valence-corrected chi connectivity index (χ3v) is 22.5. The van der Waals surface area contributed by atoms with E-state index in [0.717, 1.165) is 50.6 Å². The summed E-state index contributed by atoms with van der Waals surface area (Å²) in [5.74, 6) is -2.37. The van der Waals surface area contributed by atoms with Crippen LogP contribution in [0.2, 0.25) is 69.5 Å². The highest BCUT2D eigenvalue weighted by molar-refractivity contribution is 6.76. The minimum atomic E-state index is -2.15. The van der Waals surface area contributed by atoms with E-state index in [1.165, 1.54) is 12.7 Å². The van der Waals surface area contributed by atoms with Gasteiger partial charge in [-0.2, -0.15) is 0 Å². The molecule has 0 unspecified atom stereocenters. The second kappa shape index (κ2) is 24.6. The molecule has 3 aliphatic rings. The van der Waals surface area contributed by atoms with Crippen LogP contribution in [0.4, 0.5) is 0 Å². The van der Waals surface area contributed by atoms with E-state index in [-0.39, 0.29) is 60.6 Å². The van der Waals surface area contributed by atoms with Crippen LogP contribution in [0.5, 0.6) is 0 Å². The summed E-state index contributed by atoms with van der Waals surface area (Å²) in [6, 6.07) is 1.70. The molecule has 3 fully saturated rings. The number of carbonyl (C=O) groups excluding carboxylic acids is 2. The summed E-state index contributed by atoms with van der Waals surface area (Å²) in [5.41, 5.74) is -1.02. The van der Waals surface area contributed by atoms with Gasteiger partial charge in [-0.25, -0.2) is 4.79 Å². The van der Waals surface area contributed by atoms with Gasteiger partial charge in [0, 0.05) is 42.7 Å². The molecule has 0 bridgehead atoms. The van der Waals surface area contributed by atoms with E-state index < -0.39 is 65.9 Å². The average Bonchev–Trinajstić information content (AvgIpc) is 3.18. The Balaban J connectivity index is 1.92. The van der Waals surface area contributed by atoms with Gasteiger partial charge in [-0.05, 0) is 99.0 Å². The van der Waals surface area contributed by atoms with Crippen molar-refractivity contribution in [1.82, 2.24) is 0 Å². The van der Waals surface area contributed by atoms with Gasteiger partial charge in [-0.15, -0.1) is 0 Å². The SMILES string of the molecule is COC(=O)/C(=C\C=C/[C@H](C)C/C(C)=C/C[C@@H]1C[C@H](O[Si](C)(C)C(C)(C)C)C[C@]2(CC[C@H](C)[C@@H](C(C)C)O2)O1)[C@]1(O)[C@H](OCOCC[Si](C)(C)C)[C@H](OC)[C@@H](C)C[C@H]1C(=O)OCC[Si](C)(C)C. The summed E-state index contributed by atoms with van der Waals surface area (Å²) in [5, 5.41) is 13.2. The topological polar surface area (TPSA) is 128 Å². The van der Waals surface area contributed by atoms with Crippen LogP contribution >= 0.6 is 0 Å². The molecular formula is C52H96O11Si3. The predicted molar refractivity (Wildman–Crippen MR) is 274 cm³/mol. The molecule has 1 saturated carbocycles. The minimum Gasteiger partial charge on any atom is -0.466 e. The molecule has 2 aliphatic heterocycles. The van der Waals surface area contributed by atoms with E-state index in [9.17, 15) is 14.7 Å². The third-order valence-electron chi connectivity index (χ3n) is 14.6. The molecule has 0 aromatic carbocycles. The molecule has 0 radical (unpaired) electrons. The lowest BCUT2D eigenvalue weighted by molar-refractivity contribution is -0.338. The van der Waals surface area contributed by atoms with Gasteiger partial charge < -0.3 is 42.7 Å². The van der Waals surface area contributed by atoms with Gasteiger partial charge in [-0.3, -0.25) is 4.79 Å². The maximum Gasteiger partial charge on any atom is 0.336 e. The lowest BCUT2D eigenvalue weighted by Gasteiger charge is -2.52. The lowest BCUT2D eigenvalue weighted by atomic mass is 9.64. The van der Waals surface area contributed by atoms with Gasteiger partial charge in [0.15, 0.2) is 14.1 Å². The van der Waals surface area contributed by atoms with Gasteiger partial charge in [0.25, 0.3) is 0 Å². The molecule has 2 heterocycles. The van der Waals surface area contributed by atoms with Crippen molar-refractivity contribution in [3.8, 4) is 0 Å². The molecule has 382 valence electrons. The van der Waals surface area contributed by atoms with Crippen molar-refractivity contribution in [1.29, 1.82) is 0 Å². The Morgan fingerprint density at radius 2 is 1.55 bits per heavy atom. The molecule has 14 heteroatoms. The molecule has 11 atom stereocenters. The number of allylic oxidation sites excluding steroid dienone is 4. The smallest absolute Gasteiger partial charge is 0.336 e. The Labute approximate surface area is 405 Å². The van der Waals surface area contributed by atoms with Crippen LogP contribution < -0.4 is 0 Å². The first-order chi connectivity index (χ1) is 30.4. The second-order valence-electron chi connectivity index (χ2n) is 24.6. The van der Waals surface area contributed by atoms with Crippen molar-refractivity contribution in [2.45, 2.75) is 219 Å². The first-order valence-electron chi connectivity index (χ1n) is 25.2. The van der Waals surface area contributed by atoms with Crippen LogP contribution in [0, 0.1) is 29.6 Å². The molecular weight excluding hydrogens is 885 g/mol. The van der Waals surface area contributed by atoms with Crippen molar-refractivity contribution in [3.63, 3.8) is 0 Å². The number of ether oxygens (including phenoxy) is 7. The van der Waals surface area contributed by atoms with Crippen LogP contribution in [0.15, 0.2) is 35.5 Å². The van der Waals surface area contributed by atoms with Crippen LogP contribution in [-0.4, -0.2) is 118 Å². The molecule has 2 saturated heterocycles. The molecule has 0 aromatic rings. The normalized spacial score (nSPS) is 31.4. The summed E-state index contributed by atoms with van der Waals surface area (Å²) in [4.78, 5) is 28.0. The molecule has 11 nitrogen and oxygen atoms in total. The van der Waals surface area contributed by atoms with E-state index in [2.05, 4.69) is 114 Å². The summed E-state index contributed by atoms with van der Waals surface area (Å²) in [7, 11) is -2.13. The Kier molecular flexibility index (Phi) is 21.9. The molecule has 1 aliphatic carbocycles. The average molecular weight is 982 g/mol. The number of aliphatic hydroxyl groups is 1. The van der Waals surface area contributed by atoms with Gasteiger partial charge >= 0.3 is 11.9 Å². The molecule has 0 aromatic heterocycles. The Morgan fingerprint density at radius 1 is 0.909 bits per heavy atom. The van der Waals surface area contributed by atoms with Crippen LogP contribution in [0.25, 0.3) is 0 Å². The van der Waals surface area contributed by atoms with E-state index in [4.69, 9.17) is 37.6 Å². The first-order valence-corrected chi connectivity index (χ1v) is 35.5. The molecule has 0 amide bonds. The van der Waals surface area contributed by atoms with Gasteiger partial charge in [-0.1, -0.05) is 118 Å². The minimum absolute atomic E-state index is 0.0351. The maximum absolute atomic E-state index is 14.1. The van der Waals surface area contributed by atoms with Gasteiger partial charge in [0.2, 0.25) is 0 Å². The highest BCUT2D eigenvalue weighted by Crippen LogP contribution is 2.48. The largest absolute Gasteiger partial charge is 0.466 e. The van der Waals surface area contributed by atoms with Gasteiger partial charge in [0.1, 0.15) is 18.5 Å². The lowest BCUT2D eigenvalue weighted by Crippen LogP contribution is -2.65. The highest BCUT2D eigenvalue weighted by Gasteiger charge is 2.61. The number of carbonyl (C=O) groups is 2. The van der Waals surface area contributed by atoms with Crippen molar-refractivity contribution in [3.05, 3.63) is 35.5 Å². The summed E-state index contributed by atoms with van der Waals surface area (Å²) in [6.45, 7) is 38.6. The maximum atomic E-state index is 14.1. The van der Waals surface area contributed by atoms with Crippen molar-refractivity contribution in [2.75, 3.05) is 34.2 Å². The molecule has 3 rings (SSSR count). The Hall–Kier alpha value is -1.47. The van der Waals surface area contributed by atoms with E-state index in [1.807, 2.05) is 13.0 Å². The van der Waals surface area contributed by atoms with Crippen molar-refractivity contribution < 1.29 is 52.3 Å². The summed E-state index contributed by atoms with van der Waals surface area (Å²) < 4.78 is 50.6. The fraction of sp³-hybridized carbons (Fsp3) is 0.846. The van der Waals surface area contributed by atoms with Crippen molar-refractivity contribution >= 4 is 36.4 Å². The standard InChI is InChI=1S/C52H96O11Si3/c1-36(2)45-39(5)25-26-51(62-45)34-42(63-66(18,19)50(7,8)9)33-41(61-51)24-23-38(4)31-37(3)21-20-22-43(48(53)57-11)52(55)44(49(54)59-28-30-65(15,16)17)32-40(6)46(56-10)47(52)60-35-58-27-29-64(12,13)14/h20-23,36-37,39-42,44-47,55H,24-35H2,1-19H3/b21-20-,38-23+,43-22+/t37-,39-,40-,41+,42-,44-,45+,46+,47+,51+,52+/m0/s1.